The van der Waals surface area contributed by atoms with E-state index in [1.54, 1.807) is 7.05 Å². The van der Waals surface area contributed by atoms with Gasteiger partial charge < -0.3 is 11.1 Å². The molecule has 0 bridgehead atoms. The zero-order valence-electron chi connectivity index (χ0n) is 13.6. The Morgan fingerprint density at radius 3 is 2.59 bits per heavy atom. The molecule has 0 aliphatic carbocycles. The summed E-state index contributed by atoms with van der Waals surface area (Å²) in [6.45, 7) is 4.86. The molecule has 0 aromatic carbocycles. The molecule has 1 aliphatic rings. The molecule has 1 unspecified atom stereocenters. The molecular weight excluding hydrogens is 328 g/mol. The fraction of sp³-hybridized carbons (Fsp3) is 0.923. The molecule has 1 amide bonds. The molecule has 0 saturated carbocycles. The molecular formula is C13H29ClN4O3S. The molecule has 7 nitrogen and oxygen atoms in total. The Kier molecular flexibility index (Phi) is 9.49. The number of amides is 1. The van der Waals surface area contributed by atoms with Gasteiger partial charge in [-0.2, -0.15) is 17.0 Å². The van der Waals surface area contributed by atoms with E-state index < -0.39 is 10.2 Å². The van der Waals surface area contributed by atoms with Gasteiger partial charge in [0, 0.05) is 45.2 Å². The van der Waals surface area contributed by atoms with Crippen LogP contribution in [0.3, 0.4) is 0 Å². The van der Waals surface area contributed by atoms with Crippen molar-refractivity contribution in [1.82, 2.24) is 13.9 Å². The van der Waals surface area contributed by atoms with Crippen LogP contribution in [0, 0.1) is 0 Å². The fourth-order valence-corrected chi connectivity index (χ4v) is 4.14. The molecule has 0 aromatic heterocycles. The van der Waals surface area contributed by atoms with Crippen LogP contribution in [-0.4, -0.2) is 61.7 Å². The van der Waals surface area contributed by atoms with Crippen LogP contribution in [0.5, 0.6) is 0 Å². The number of piperidine rings is 1. The van der Waals surface area contributed by atoms with Gasteiger partial charge in [0.25, 0.3) is 10.2 Å². The molecule has 3 N–H and O–H groups in total. The maximum absolute atomic E-state index is 12.6. The second-order valence-electron chi connectivity index (χ2n) is 5.72. The Morgan fingerprint density at radius 1 is 1.41 bits per heavy atom. The molecule has 9 heteroatoms. The predicted octanol–water partition coefficient (Wildman–Crippen LogP) is 0.313. The standard InChI is InChI=1S/C13H28N4O3S.ClH/c1-11(2)16(3)21(19,20)17-9-5-4-6-12(17)10-15-13(18)7-8-14;/h11-12H,4-10,14H2,1-3H3,(H,15,18);1H. The van der Waals surface area contributed by atoms with Crippen molar-refractivity contribution < 1.29 is 13.2 Å². The molecule has 132 valence electrons. The molecule has 1 atom stereocenters. The highest BCUT2D eigenvalue weighted by atomic mass is 35.5. The summed E-state index contributed by atoms with van der Waals surface area (Å²) in [5.41, 5.74) is 5.33. The van der Waals surface area contributed by atoms with E-state index in [0.29, 0.717) is 19.6 Å². The van der Waals surface area contributed by atoms with Crippen LogP contribution >= 0.6 is 12.4 Å². The van der Waals surface area contributed by atoms with E-state index in [2.05, 4.69) is 5.32 Å². The van der Waals surface area contributed by atoms with Crippen LogP contribution in [0.15, 0.2) is 0 Å². The first-order valence-corrected chi connectivity index (χ1v) is 8.92. The number of nitrogens with one attached hydrogen (secondary N) is 1. The third-order valence-electron chi connectivity index (χ3n) is 3.87. The van der Waals surface area contributed by atoms with Crippen LogP contribution in [0.2, 0.25) is 0 Å². The molecule has 1 fully saturated rings. The molecule has 22 heavy (non-hydrogen) atoms. The second-order valence-corrected chi connectivity index (χ2v) is 7.66. The van der Waals surface area contributed by atoms with Crippen molar-refractivity contribution in [1.29, 1.82) is 0 Å². The van der Waals surface area contributed by atoms with Crippen molar-refractivity contribution in [2.24, 2.45) is 5.73 Å². The first-order chi connectivity index (χ1) is 9.80. The minimum absolute atomic E-state index is 0. The van der Waals surface area contributed by atoms with Crippen molar-refractivity contribution in [3.05, 3.63) is 0 Å². The number of carbonyl (C=O) groups excluding carboxylic acids is 1. The molecule has 1 aliphatic heterocycles. The van der Waals surface area contributed by atoms with Crippen molar-refractivity contribution >= 4 is 28.5 Å². The van der Waals surface area contributed by atoms with Gasteiger partial charge in [0.15, 0.2) is 0 Å². The van der Waals surface area contributed by atoms with Crippen LogP contribution < -0.4 is 11.1 Å². The molecule has 1 heterocycles. The maximum Gasteiger partial charge on any atom is 0.282 e. The van der Waals surface area contributed by atoms with E-state index in [9.17, 15) is 13.2 Å². The quantitative estimate of drug-likeness (QED) is 0.686. The Hall–Kier alpha value is -0.410. The highest BCUT2D eigenvalue weighted by Crippen LogP contribution is 2.22. The van der Waals surface area contributed by atoms with Crippen molar-refractivity contribution in [3.63, 3.8) is 0 Å². The number of hydrogen-bond donors (Lipinski definition) is 2. The second kappa shape index (κ2) is 9.67. The topological polar surface area (TPSA) is 95.7 Å². The van der Waals surface area contributed by atoms with Crippen molar-refractivity contribution in [2.45, 2.75) is 51.6 Å². The smallest absolute Gasteiger partial charge is 0.282 e. The molecule has 0 spiro atoms. The van der Waals surface area contributed by atoms with Gasteiger partial charge in [0.05, 0.1) is 0 Å². The van der Waals surface area contributed by atoms with Crippen LogP contribution in [-0.2, 0) is 15.0 Å². The van der Waals surface area contributed by atoms with Gasteiger partial charge in [0.2, 0.25) is 5.91 Å². The van der Waals surface area contributed by atoms with Gasteiger partial charge in [-0.3, -0.25) is 4.79 Å². The zero-order chi connectivity index (χ0) is 16.0. The summed E-state index contributed by atoms with van der Waals surface area (Å²) in [6.07, 6.45) is 2.88. The Balaban J connectivity index is 0.00000441. The molecule has 0 radical (unpaired) electrons. The SMILES string of the molecule is CC(C)N(C)S(=O)(=O)N1CCCCC1CNC(=O)CCN.Cl. The van der Waals surface area contributed by atoms with Gasteiger partial charge in [0.1, 0.15) is 0 Å². The first kappa shape index (κ1) is 21.6. The van der Waals surface area contributed by atoms with E-state index in [1.807, 2.05) is 13.8 Å². The third kappa shape index (κ3) is 5.66. The Morgan fingerprint density at radius 2 is 2.05 bits per heavy atom. The van der Waals surface area contributed by atoms with Crippen LogP contribution in [0.25, 0.3) is 0 Å². The zero-order valence-corrected chi connectivity index (χ0v) is 15.3. The molecule has 1 saturated heterocycles. The maximum atomic E-state index is 12.6. The van der Waals surface area contributed by atoms with E-state index in [0.717, 1.165) is 19.3 Å². The van der Waals surface area contributed by atoms with E-state index in [1.165, 1.54) is 8.61 Å². The van der Waals surface area contributed by atoms with Gasteiger partial charge in [-0.1, -0.05) is 6.42 Å². The van der Waals surface area contributed by atoms with Crippen molar-refractivity contribution in [2.75, 3.05) is 26.7 Å². The summed E-state index contributed by atoms with van der Waals surface area (Å²) in [6, 6.07) is -0.268. The average molecular weight is 357 g/mol. The predicted molar refractivity (Wildman–Crippen MR) is 90.1 cm³/mol. The van der Waals surface area contributed by atoms with Gasteiger partial charge >= 0.3 is 0 Å². The summed E-state index contributed by atoms with van der Waals surface area (Å²) >= 11 is 0. The average Bonchev–Trinajstić information content (AvgIpc) is 2.44. The number of carbonyl (C=O) groups is 1. The molecule has 1 rings (SSSR count). The monoisotopic (exact) mass is 356 g/mol. The lowest BCUT2D eigenvalue weighted by Crippen LogP contribution is -2.54. The van der Waals surface area contributed by atoms with Gasteiger partial charge in [-0.25, -0.2) is 0 Å². The largest absolute Gasteiger partial charge is 0.354 e. The Labute approximate surface area is 140 Å². The lowest BCUT2D eigenvalue weighted by Gasteiger charge is -2.38. The van der Waals surface area contributed by atoms with E-state index in [-0.39, 0.29) is 36.8 Å². The minimum atomic E-state index is -3.48. The highest BCUT2D eigenvalue weighted by molar-refractivity contribution is 7.86. The summed E-state index contributed by atoms with van der Waals surface area (Å²) in [7, 11) is -1.88. The molecule has 0 aromatic rings. The summed E-state index contributed by atoms with van der Waals surface area (Å²) in [5.74, 6) is -0.127. The van der Waals surface area contributed by atoms with E-state index in [4.69, 9.17) is 5.73 Å². The third-order valence-corrected chi connectivity index (χ3v) is 6.09. The van der Waals surface area contributed by atoms with E-state index >= 15 is 0 Å². The van der Waals surface area contributed by atoms with Crippen molar-refractivity contribution in [3.8, 4) is 0 Å². The van der Waals surface area contributed by atoms with Crippen LogP contribution in [0.4, 0.5) is 0 Å². The lowest BCUT2D eigenvalue weighted by molar-refractivity contribution is -0.121. The Bertz CT molecular complexity index is 445. The minimum Gasteiger partial charge on any atom is -0.354 e. The lowest BCUT2D eigenvalue weighted by atomic mass is 10.1. The fourth-order valence-electron chi connectivity index (χ4n) is 2.36. The summed E-state index contributed by atoms with van der Waals surface area (Å²) in [4.78, 5) is 11.5. The number of nitrogens with zero attached hydrogens (tertiary/aromatic N) is 2. The number of nitrogens with two attached hydrogens (primary N) is 1. The number of hydrogen-bond acceptors (Lipinski definition) is 4. The number of rotatable bonds is 7. The first-order valence-electron chi connectivity index (χ1n) is 7.52. The normalized spacial score (nSPS) is 20.0. The van der Waals surface area contributed by atoms with Gasteiger partial charge in [-0.05, 0) is 26.7 Å². The summed E-state index contributed by atoms with van der Waals surface area (Å²) < 4.78 is 28.2. The van der Waals surface area contributed by atoms with Crippen LogP contribution in [0.1, 0.15) is 39.5 Å². The summed E-state index contributed by atoms with van der Waals surface area (Å²) in [5, 5.41) is 2.78. The van der Waals surface area contributed by atoms with Gasteiger partial charge in [-0.15, -0.1) is 12.4 Å². The highest BCUT2D eigenvalue weighted by Gasteiger charge is 2.35. The number of halogens is 1.